The highest BCUT2D eigenvalue weighted by atomic mass is 35.5. The van der Waals surface area contributed by atoms with E-state index in [9.17, 15) is 5.26 Å². The number of fused-ring (bicyclic) bond motifs is 3. The predicted octanol–water partition coefficient (Wildman–Crippen LogP) is 4.42. The Morgan fingerprint density at radius 1 is 1.00 bits per heavy atom. The first kappa shape index (κ1) is 22.3. The molecule has 2 aromatic carbocycles. The maximum atomic E-state index is 9.93. The number of hydrogen-bond acceptors (Lipinski definition) is 6. The molecule has 5 aromatic rings. The molecule has 1 aliphatic heterocycles. The van der Waals surface area contributed by atoms with Crippen LogP contribution in [-0.2, 0) is 11.8 Å². The van der Waals surface area contributed by atoms with Gasteiger partial charge in [-0.05, 0) is 41.5 Å². The number of ether oxygens (including phenoxy) is 1. The normalized spacial score (nSPS) is 13.9. The lowest BCUT2D eigenvalue weighted by molar-refractivity contribution is 0.122. The number of nitrogens with one attached hydrogen (secondary N) is 1. The summed E-state index contributed by atoms with van der Waals surface area (Å²) < 4.78 is 9.07. The summed E-state index contributed by atoms with van der Waals surface area (Å²) in [5.41, 5.74) is 5.93. The minimum atomic E-state index is 0.265. The molecule has 1 aliphatic rings. The first-order valence-electron chi connectivity index (χ1n) is 11.6. The first-order valence-corrected chi connectivity index (χ1v) is 12.0. The van der Waals surface area contributed by atoms with E-state index in [1.54, 1.807) is 17.0 Å². The van der Waals surface area contributed by atoms with Gasteiger partial charge in [-0.2, -0.15) is 5.26 Å². The summed E-state index contributed by atoms with van der Waals surface area (Å²) in [6.07, 6.45) is 3.52. The Labute approximate surface area is 212 Å². The van der Waals surface area contributed by atoms with Gasteiger partial charge in [-0.1, -0.05) is 29.8 Å². The lowest BCUT2D eigenvalue weighted by Crippen LogP contribution is -2.37. The molecule has 6 rings (SSSR count). The number of benzene rings is 2. The van der Waals surface area contributed by atoms with E-state index in [2.05, 4.69) is 27.0 Å². The van der Waals surface area contributed by atoms with Gasteiger partial charge in [-0.3, -0.25) is 15.0 Å². The Morgan fingerprint density at radius 2 is 1.75 bits per heavy atom. The van der Waals surface area contributed by atoms with Gasteiger partial charge in [-0.15, -0.1) is 0 Å². The number of nitrogens with zero attached hydrogens (tertiary/aromatic N) is 6. The van der Waals surface area contributed by atoms with Crippen LogP contribution in [0, 0.1) is 16.7 Å². The van der Waals surface area contributed by atoms with Crippen molar-refractivity contribution in [1.82, 2.24) is 19.1 Å². The lowest BCUT2D eigenvalue weighted by Gasteiger charge is -2.28. The molecule has 0 atom stereocenters. The fraction of sp³-hybridized carbons (Fsp3) is 0.185. The number of morpholine rings is 1. The van der Waals surface area contributed by atoms with E-state index in [4.69, 9.17) is 21.7 Å². The molecule has 3 aromatic heterocycles. The van der Waals surface area contributed by atoms with Gasteiger partial charge < -0.3 is 14.2 Å². The van der Waals surface area contributed by atoms with Crippen LogP contribution in [0.4, 0.5) is 5.82 Å². The van der Waals surface area contributed by atoms with E-state index in [1.807, 2.05) is 54.1 Å². The van der Waals surface area contributed by atoms with Crippen molar-refractivity contribution in [3.05, 3.63) is 77.1 Å². The van der Waals surface area contributed by atoms with Crippen LogP contribution in [0.25, 0.3) is 38.8 Å². The van der Waals surface area contributed by atoms with Gasteiger partial charge in [0.2, 0.25) is 5.62 Å². The zero-order chi connectivity index (χ0) is 24.8. The van der Waals surface area contributed by atoms with Crippen LogP contribution in [-0.4, -0.2) is 45.4 Å². The van der Waals surface area contributed by atoms with Crippen LogP contribution in [0.5, 0.6) is 0 Å². The number of aryl methyl sites for hydroxylation is 1. The number of rotatable bonds is 3. The standard InChI is InChI=1S/C27H22ClN7O/c1-33-24-16-31-23-7-4-18(17-2-5-20(28)6-3-17)13-22(23)25(24)35(27(33)30)21-12-19(14-29)26(32-15-21)34-8-10-36-11-9-34/h2-7,12-13,15-16,30H,8-11H2,1H3. The van der Waals surface area contributed by atoms with Gasteiger partial charge in [0.15, 0.2) is 0 Å². The van der Waals surface area contributed by atoms with Crippen molar-refractivity contribution in [2.45, 2.75) is 0 Å². The predicted molar refractivity (Wildman–Crippen MR) is 139 cm³/mol. The van der Waals surface area contributed by atoms with Crippen molar-refractivity contribution in [3.63, 3.8) is 0 Å². The van der Waals surface area contributed by atoms with E-state index < -0.39 is 0 Å². The van der Waals surface area contributed by atoms with E-state index >= 15 is 0 Å². The van der Waals surface area contributed by atoms with Gasteiger partial charge in [0.1, 0.15) is 11.9 Å². The third kappa shape index (κ3) is 3.61. The minimum absolute atomic E-state index is 0.265. The van der Waals surface area contributed by atoms with Crippen LogP contribution < -0.4 is 10.5 Å². The van der Waals surface area contributed by atoms with Gasteiger partial charge in [0.25, 0.3) is 0 Å². The molecular weight excluding hydrogens is 474 g/mol. The molecule has 178 valence electrons. The number of hydrogen-bond donors (Lipinski definition) is 1. The Hall–Kier alpha value is -4.19. The average Bonchev–Trinajstić information content (AvgIpc) is 3.19. The van der Waals surface area contributed by atoms with Crippen LogP contribution in [0.3, 0.4) is 0 Å². The zero-order valence-corrected chi connectivity index (χ0v) is 20.3. The highest BCUT2D eigenvalue weighted by molar-refractivity contribution is 6.30. The van der Waals surface area contributed by atoms with Crippen LogP contribution in [0.1, 0.15) is 5.56 Å². The number of anilines is 1. The minimum Gasteiger partial charge on any atom is -0.378 e. The van der Waals surface area contributed by atoms with Crippen molar-refractivity contribution >= 4 is 39.4 Å². The van der Waals surface area contributed by atoms with E-state index in [1.165, 1.54) is 0 Å². The molecule has 0 saturated carbocycles. The van der Waals surface area contributed by atoms with Crippen LogP contribution in [0.2, 0.25) is 5.02 Å². The molecule has 36 heavy (non-hydrogen) atoms. The summed E-state index contributed by atoms with van der Waals surface area (Å²) in [5, 5.41) is 20.4. The molecular formula is C27H22ClN7O. The maximum absolute atomic E-state index is 9.93. The Bertz CT molecular complexity index is 1720. The highest BCUT2D eigenvalue weighted by Gasteiger charge is 2.20. The number of imidazole rings is 1. The molecule has 0 amide bonds. The lowest BCUT2D eigenvalue weighted by atomic mass is 10.0. The molecule has 1 saturated heterocycles. The van der Waals surface area contributed by atoms with Crippen LogP contribution in [0.15, 0.2) is 60.9 Å². The summed E-state index contributed by atoms with van der Waals surface area (Å²) >= 11 is 6.09. The van der Waals surface area contributed by atoms with Crippen molar-refractivity contribution in [3.8, 4) is 22.9 Å². The number of halogens is 1. The summed E-state index contributed by atoms with van der Waals surface area (Å²) in [4.78, 5) is 11.4. The van der Waals surface area contributed by atoms with Gasteiger partial charge in [-0.25, -0.2) is 4.98 Å². The molecule has 1 fully saturated rings. The largest absolute Gasteiger partial charge is 0.378 e. The maximum Gasteiger partial charge on any atom is 0.207 e. The molecule has 0 spiro atoms. The van der Waals surface area contributed by atoms with Gasteiger partial charge in [0.05, 0.1) is 53.4 Å². The molecule has 0 radical (unpaired) electrons. The Balaban J connectivity index is 1.58. The second-order valence-electron chi connectivity index (χ2n) is 8.72. The Kier molecular flexibility index (Phi) is 5.44. The van der Waals surface area contributed by atoms with E-state index in [-0.39, 0.29) is 5.62 Å². The monoisotopic (exact) mass is 495 g/mol. The number of aromatic nitrogens is 4. The van der Waals surface area contributed by atoms with Gasteiger partial charge in [0, 0.05) is 30.5 Å². The summed E-state index contributed by atoms with van der Waals surface area (Å²) in [5.74, 6) is 0.647. The quantitative estimate of drug-likeness (QED) is 0.399. The summed E-state index contributed by atoms with van der Waals surface area (Å²) in [6.45, 7) is 2.60. The summed E-state index contributed by atoms with van der Waals surface area (Å²) in [6, 6.07) is 17.9. The average molecular weight is 496 g/mol. The SMILES string of the molecule is Cn1c(=N)n(-c2cnc(N3CCOCC3)c(C#N)c2)c2c3cc(-c4ccc(Cl)cc4)ccc3ncc21. The third-order valence-corrected chi connectivity index (χ3v) is 6.91. The fourth-order valence-electron chi connectivity index (χ4n) is 4.77. The Morgan fingerprint density at radius 3 is 2.50 bits per heavy atom. The molecule has 0 unspecified atom stereocenters. The van der Waals surface area contributed by atoms with Crippen molar-refractivity contribution in [2.75, 3.05) is 31.2 Å². The van der Waals surface area contributed by atoms with E-state index in [0.29, 0.717) is 48.4 Å². The third-order valence-electron chi connectivity index (χ3n) is 6.65. The molecule has 1 N–H and O–H groups in total. The van der Waals surface area contributed by atoms with E-state index in [0.717, 1.165) is 33.1 Å². The topological polar surface area (TPSA) is 95.8 Å². The smallest absolute Gasteiger partial charge is 0.207 e. The number of pyridine rings is 2. The first-order chi connectivity index (χ1) is 17.5. The molecule has 8 nitrogen and oxygen atoms in total. The fourth-order valence-corrected chi connectivity index (χ4v) is 4.90. The van der Waals surface area contributed by atoms with Crippen molar-refractivity contribution in [2.24, 2.45) is 7.05 Å². The number of nitriles is 1. The van der Waals surface area contributed by atoms with Crippen molar-refractivity contribution in [1.29, 1.82) is 10.7 Å². The molecule has 0 bridgehead atoms. The summed E-state index contributed by atoms with van der Waals surface area (Å²) in [7, 11) is 1.85. The van der Waals surface area contributed by atoms with Crippen molar-refractivity contribution < 1.29 is 4.74 Å². The highest BCUT2D eigenvalue weighted by Crippen LogP contribution is 2.31. The molecule has 0 aliphatic carbocycles. The molecule has 9 heteroatoms. The van der Waals surface area contributed by atoms with Gasteiger partial charge >= 0.3 is 0 Å². The second-order valence-corrected chi connectivity index (χ2v) is 9.16. The van der Waals surface area contributed by atoms with Crippen LogP contribution >= 0.6 is 11.6 Å². The second kappa shape index (κ2) is 8.79. The molecule has 4 heterocycles. The zero-order valence-electron chi connectivity index (χ0n) is 19.6.